The molecule has 2 aliphatic heterocycles. The molecule has 132 valence electrons. The van der Waals surface area contributed by atoms with E-state index in [2.05, 4.69) is 10.1 Å². The van der Waals surface area contributed by atoms with Gasteiger partial charge in [0.1, 0.15) is 5.75 Å². The topological polar surface area (TPSA) is 61.8 Å². The molecule has 1 amide bonds. The molecule has 2 saturated heterocycles. The Bertz CT molecular complexity index is 613. The van der Waals surface area contributed by atoms with Crippen molar-refractivity contribution in [3.8, 4) is 5.75 Å². The first-order valence-electron chi connectivity index (χ1n) is 7.87. The van der Waals surface area contributed by atoms with Gasteiger partial charge in [0.2, 0.25) is 5.91 Å². The molecule has 2 aliphatic rings. The number of amides is 1. The number of aliphatic hydroxyl groups is 1. The maximum absolute atomic E-state index is 12.3. The summed E-state index contributed by atoms with van der Waals surface area (Å²) in [6, 6.07) is 5.30. The highest BCUT2D eigenvalue weighted by atomic mass is 19.4. The average Bonchev–Trinajstić information content (AvgIpc) is 2.93. The second-order valence-corrected chi connectivity index (χ2v) is 6.24. The van der Waals surface area contributed by atoms with Crippen molar-refractivity contribution in [2.24, 2.45) is 0 Å². The number of carbonyl (C=O) groups is 1. The molecule has 1 aromatic rings. The van der Waals surface area contributed by atoms with Gasteiger partial charge in [-0.2, -0.15) is 0 Å². The number of hydrogen-bond acceptors (Lipinski definition) is 4. The van der Waals surface area contributed by atoms with Crippen molar-refractivity contribution in [2.45, 2.75) is 37.3 Å². The summed E-state index contributed by atoms with van der Waals surface area (Å²) in [6.07, 6.45) is -3.31. The van der Waals surface area contributed by atoms with Gasteiger partial charge in [-0.05, 0) is 37.0 Å². The van der Waals surface area contributed by atoms with E-state index in [0.717, 1.165) is 6.42 Å². The molecule has 0 radical (unpaired) electrons. The van der Waals surface area contributed by atoms with Gasteiger partial charge in [-0.25, -0.2) is 0 Å². The first-order valence-corrected chi connectivity index (χ1v) is 7.87. The van der Waals surface area contributed by atoms with Crippen molar-refractivity contribution in [2.75, 3.05) is 19.6 Å². The third-order valence-corrected chi connectivity index (χ3v) is 4.69. The third-order valence-electron chi connectivity index (χ3n) is 4.69. The molecule has 5 nitrogen and oxygen atoms in total. The van der Waals surface area contributed by atoms with Crippen LogP contribution in [-0.2, 0) is 10.4 Å². The zero-order valence-corrected chi connectivity index (χ0v) is 13.0. The lowest BCUT2D eigenvalue weighted by Crippen LogP contribution is -2.49. The van der Waals surface area contributed by atoms with E-state index in [9.17, 15) is 23.1 Å². The molecule has 0 unspecified atom stereocenters. The van der Waals surface area contributed by atoms with Crippen molar-refractivity contribution in [3.05, 3.63) is 29.8 Å². The van der Waals surface area contributed by atoms with Crippen molar-refractivity contribution < 1.29 is 27.8 Å². The van der Waals surface area contributed by atoms with Crippen LogP contribution in [0.25, 0.3) is 0 Å². The van der Waals surface area contributed by atoms with Gasteiger partial charge in [0, 0.05) is 19.6 Å². The van der Waals surface area contributed by atoms with Crippen LogP contribution < -0.4 is 10.1 Å². The minimum atomic E-state index is -4.76. The highest BCUT2D eigenvalue weighted by Gasteiger charge is 2.39. The zero-order valence-electron chi connectivity index (χ0n) is 13.0. The summed E-state index contributed by atoms with van der Waals surface area (Å²) in [4.78, 5) is 13.8. The summed E-state index contributed by atoms with van der Waals surface area (Å²) in [5.41, 5.74) is -0.809. The molecule has 1 aromatic carbocycles. The minimum absolute atomic E-state index is 0.000939. The van der Waals surface area contributed by atoms with Gasteiger partial charge in [-0.1, -0.05) is 12.1 Å². The number of rotatable bonds is 3. The summed E-state index contributed by atoms with van der Waals surface area (Å²) < 4.78 is 40.9. The van der Waals surface area contributed by atoms with Crippen LogP contribution >= 0.6 is 0 Å². The Balaban J connectivity index is 1.69. The van der Waals surface area contributed by atoms with E-state index >= 15 is 0 Å². The molecule has 0 bridgehead atoms. The number of carbonyl (C=O) groups excluding carboxylic acids is 1. The second kappa shape index (κ2) is 6.25. The van der Waals surface area contributed by atoms with Gasteiger partial charge in [0.15, 0.2) is 0 Å². The molecule has 24 heavy (non-hydrogen) atoms. The number of nitrogens with one attached hydrogen (secondary N) is 1. The van der Waals surface area contributed by atoms with Gasteiger partial charge in [-0.15, -0.1) is 13.2 Å². The van der Waals surface area contributed by atoms with E-state index in [0.29, 0.717) is 38.0 Å². The van der Waals surface area contributed by atoms with E-state index < -0.39 is 12.0 Å². The van der Waals surface area contributed by atoms with Crippen LogP contribution in [0, 0.1) is 0 Å². The van der Waals surface area contributed by atoms with E-state index in [-0.39, 0.29) is 17.7 Å². The number of alkyl halides is 3. The molecule has 8 heteroatoms. The quantitative estimate of drug-likeness (QED) is 0.877. The largest absolute Gasteiger partial charge is 0.573 e. The number of nitrogens with zero attached hydrogens (tertiary/aromatic N) is 1. The van der Waals surface area contributed by atoms with E-state index in [1.165, 1.54) is 18.2 Å². The van der Waals surface area contributed by atoms with Crippen LogP contribution in [0.2, 0.25) is 0 Å². The fourth-order valence-electron chi connectivity index (χ4n) is 3.41. The normalized spacial score (nSPS) is 24.7. The summed E-state index contributed by atoms with van der Waals surface area (Å²) in [5, 5.41) is 13.6. The monoisotopic (exact) mass is 344 g/mol. The molecular weight excluding hydrogens is 325 g/mol. The van der Waals surface area contributed by atoms with Crippen LogP contribution in [0.5, 0.6) is 5.75 Å². The van der Waals surface area contributed by atoms with Gasteiger partial charge in [0.05, 0.1) is 11.6 Å². The van der Waals surface area contributed by atoms with Crippen LogP contribution in [0.15, 0.2) is 24.3 Å². The Hall–Kier alpha value is -1.80. The number of likely N-dealkylation sites (tertiary alicyclic amines) is 1. The molecule has 0 aromatic heterocycles. The van der Waals surface area contributed by atoms with E-state index in [1.54, 1.807) is 6.07 Å². The van der Waals surface area contributed by atoms with E-state index in [4.69, 9.17) is 0 Å². The van der Waals surface area contributed by atoms with Crippen LogP contribution in [0.1, 0.15) is 24.8 Å². The van der Waals surface area contributed by atoms with Gasteiger partial charge < -0.3 is 15.2 Å². The fourth-order valence-corrected chi connectivity index (χ4v) is 3.41. The number of halogens is 3. The number of ether oxygens (including phenoxy) is 1. The summed E-state index contributed by atoms with van der Waals surface area (Å²) in [7, 11) is 0. The molecule has 2 N–H and O–H groups in total. The Kier molecular flexibility index (Phi) is 4.44. The maximum Gasteiger partial charge on any atom is 0.573 e. The number of piperidine rings is 1. The molecule has 1 atom stereocenters. The third kappa shape index (κ3) is 3.64. The standard InChI is InChI=1S/C16H19F3N2O3/c17-16(18,19)24-12-3-1-2-11(10-12)15(23)5-8-21(9-6-15)13-4-7-20-14(13)22/h1-3,10,13,23H,4-9H2,(H,20,22)/t13-/m0/s1. The minimum Gasteiger partial charge on any atom is -0.406 e. The molecule has 0 saturated carbocycles. The van der Waals surface area contributed by atoms with Crippen LogP contribution in [0.3, 0.4) is 0 Å². The molecule has 2 fully saturated rings. The first kappa shape index (κ1) is 17.0. The Labute approximate surface area is 137 Å². The lowest BCUT2D eigenvalue weighted by Gasteiger charge is -2.40. The van der Waals surface area contributed by atoms with Crippen LogP contribution in [-0.4, -0.2) is 48.0 Å². The lowest BCUT2D eigenvalue weighted by atomic mass is 9.84. The van der Waals surface area contributed by atoms with Crippen molar-refractivity contribution in [1.82, 2.24) is 10.2 Å². The van der Waals surface area contributed by atoms with Crippen molar-refractivity contribution >= 4 is 5.91 Å². The predicted octanol–water partition coefficient (Wildman–Crippen LogP) is 1.76. The summed E-state index contributed by atoms with van der Waals surface area (Å²) >= 11 is 0. The van der Waals surface area contributed by atoms with Crippen LogP contribution in [0.4, 0.5) is 13.2 Å². The molecule has 3 rings (SSSR count). The van der Waals surface area contributed by atoms with Crippen molar-refractivity contribution in [1.29, 1.82) is 0 Å². The number of benzene rings is 1. The summed E-state index contributed by atoms with van der Waals surface area (Å²) in [6.45, 7) is 1.68. The second-order valence-electron chi connectivity index (χ2n) is 6.24. The molecule has 2 heterocycles. The predicted molar refractivity (Wildman–Crippen MR) is 79.2 cm³/mol. The number of hydrogen-bond donors (Lipinski definition) is 2. The summed E-state index contributed by atoms with van der Waals surface area (Å²) in [5.74, 6) is -0.341. The fraction of sp³-hybridized carbons (Fsp3) is 0.562. The van der Waals surface area contributed by atoms with E-state index in [1.807, 2.05) is 4.90 Å². The highest BCUT2D eigenvalue weighted by molar-refractivity contribution is 5.83. The zero-order chi connectivity index (χ0) is 17.4. The Morgan fingerprint density at radius 1 is 1.29 bits per heavy atom. The SMILES string of the molecule is O=C1NCC[C@@H]1N1CCC(O)(c2cccc(OC(F)(F)F)c2)CC1. The Morgan fingerprint density at radius 2 is 2.00 bits per heavy atom. The van der Waals surface area contributed by atoms with Crippen molar-refractivity contribution in [3.63, 3.8) is 0 Å². The average molecular weight is 344 g/mol. The lowest BCUT2D eigenvalue weighted by molar-refractivity contribution is -0.274. The van der Waals surface area contributed by atoms with Gasteiger partial charge in [-0.3, -0.25) is 9.69 Å². The Morgan fingerprint density at radius 3 is 2.58 bits per heavy atom. The molecule has 0 spiro atoms. The highest BCUT2D eigenvalue weighted by Crippen LogP contribution is 2.36. The van der Waals surface area contributed by atoms with Gasteiger partial charge in [0.25, 0.3) is 0 Å². The molecular formula is C16H19F3N2O3. The smallest absolute Gasteiger partial charge is 0.406 e. The molecule has 0 aliphatic carbocycles. The maximum atomic E-state index is 12.3. The first-order chi connectivity index (χ1) is 11.3. The van der Waals surface area contributed by atoms with Gasteiger partial charge >= 0.3 is 6.36 Å².